The van der Waals surface area contributed by atoms with E-state index in [1.807, 2.05) is 0 Å². The molecule has 0 unspecified atom stereocenters. The van der Waals surface area contributed by atoms with E-state index in [4.69, 9.17) is 0 Å². The average molecular weight is 251 g/mol. The minimum atomic E-state index is 0.517. The molecule has 1 radical (unpaired) electrons. The maximum Gasteiger partial charge on any atom is -0.0108 e. The van der Waals surface area contributed by atoms with Gasteiger partial charge in [0, 0.05) is 0 Å². The van der Waals surface area contributed by atoms with Crippen LogP contribution in [0.5, 0.6) is 0 Å². The van der Waals surface area contributed by atoms with Gasteiger partial charge in [-0.05, 0) is 47.1 Å². The highest BCUT2D eigenvalue weighted by Gasteiger charge is 2.09. The Hall–Kier alpha value is -1.56. The molecular formula is C19H23. The highest BCUT2D eigenvalue weighted by atomic mass is 14.1. The number of hydrogen-bond acceptors (Lipinski definition) is 0. The first-order valence-corrected chi connectivity index (χ1v) is 7.11. The zero-order valence-electron chi connectivity index (χ0n) is 12.6. The quantitative estimate of drug-likeness (QED) is 0.655. The van der Waals surface area contributed by atoms with E-state index in [1.165, 1.54) is 27.8 Å². The third kappa shape index (κ3) is 3.26. The predicted octanol–water partition coefficient (Wildman–Crippen LogP) is 5.71. The lowest BCUT2D eigenvalue weighted by molar-refractivity contribution is 0.831. The van der Waals surface area contributed by atoms with E-state index in [0.717, 1.165) is 0 Å². The zero-order chi connectivity index (χ0) is 14.0. The SMILES string of the molecule is Cc1ccc(-c2cc(C(C)C)[c]c(C(C)C)c2)cc1. The molecule has 0 aliphatic rings. The fourth-order valence-electron chi connectivity index (χ4n) is 2.15. The second-order valence-electron chi connectivity index (χ2n) is 5.96. The van der Waals surface area contributed by atoms with Gasteiger partial charge in [0.05, 0.1) is 0 Å². The molecule has 0 aliphatic carbocycles. The van der Waals surface area contributed by atoms with Gasteiger partial charge in [0.1, 0.15) is 0 Å². The maximum atomic E-state index is 3.56. The highest BCUT2D eigenvalue weighted by Crippen LogP contribution is 2.28. The Balaban J connectivity index is 2.52. The van der Waals surface area contributed by atoms with Crippen molar-refractivity contribution in [3.63, 3.8) is 0 Å². The van der Waals surface area contributed by atoms with Crippen LogP contribution in [0.1, 0.15) is 56.2 Å². The minimum absolute atomic E-state index is 0.517. The van der Waals surface area contributed by atoms with Gasteiger partial charge in [-0.2, -0.15) is 0 Å². The molecule has 0 heteroatoms. The third-order valence-electron chi connectivity index (χ3n) is 3.54. The summed E-state index contributed by atoms with van der Waals surface area (Å²) < 4.78 is 0. The van der Waals surface area contributed by atoms with Crippen LogP contribution in [0, 0.1) is 13.0 Å². The van der Waals surface area contributed by atoms with Crippen LogP contribution in [-0.2, 0) is 0 Å². The van der Waals surface area contributed by atoms with Crippen LogP contribution in [0.3, 0.4) is 0 Å². The summed E-state index contributed by atoms with van der Waals surface area (Å²) in [6, 6.07) is 16.9. The van der Waals surface area contributed by atoms with Gasteiger partial charge in [-0.1, -0.05) is 69.7 Å². The summed E-state index contributed by atoms with van der Waals surface area (Å²) in [5.74, 6) is 1.03. The minimum Gasteiger partial charge on any atom is -0.0587 e. The topological polar surface area (TPSA) is 0 Å². The second-order valence-corrected chi connectivity index (χ2v) is 5.96. The fourth-order valence-corrected chi connectivity index (χ4v) is 2.15. The fraction of sp³-hybridized carbons (Fsp3) is 0.368. The molecule has 0 aliphatic heterocycles. The van der Waals surface area contributed by atoms with E-state index < -0.39 is 0 Å². The summed E-state index contributed by atoms with van der Waals surface area (Å²) in [5.41, 5.74) is 6.53. The number of rotatable bonds is 3. The number of benzene rings is 2. The molecule has 0 spiro atoms. The Morgan fingerprint density at radius 1 is 0.737 bits per heavy atom. The van der Waals surface area contributed by atoms with Crippen molar-refractivity contribution in [1.29, 1.82) is 0 Å². The smallest absolute Gasteiger partial charge is 0.0108 e. The maximum absolute atomic E-state index is 3.56. The van der Waals surface area contributed by atoms with Crippen LogP contribution < -0.4 is 0 Å². The molecule has 0 saturated heterocycles. The first kappa shape index (κ1) is 13.9. The van der Waals surface area contributed by atoms with E-state index in [-0.39, 0.29) is 0 Å². The van der Waals surface area contributed by atoms with E-state index in [9.17, 15) is 0 Å². The van der Waals surface area contributed by atoms with E-state index in [1.54, 1.807) is 0 Å². The molecule has 0 fully saturated rings. The largest absolute Gasteiger partial charge is 0.0587 e. The van der Waals surface area contributed by atoms with Crippen LogP contribution in [0.15, 0.2) is 36.4 Å². The Kier molecular flexibility index (Phi) is 4.09. The molecule has 2 aromatic rings. The molecule has 2 aromatic carbocycles. The van der Waals surface area contributed by atoms with Crippen molar-refractivity contribution in [1.82, 2.24) is 0 Å². The average Bonchev–Trinajstić information content (AvgIpc) is 2.39. The normalized spacial score (nSPS) is 11.3. The molecule has 99 valence electrons. The van der Waals surface area contributed by atoms with Gasteiger partial charge in [-0.25, -0.2) is 0 Å². The molecule has 0 saturated carbocycles. The molecule has 0 aromatic heterocycles. The van der Waals surface area contributed by atoms with Crippen molar-refractivity contribution < 1.29 is 0 Å². The van der Waals surface area contributed by atoms with E-state index >= 15 is 0 Å². The Morgan fingerprint density at radius 2 is 1.21 bits per heavy atom. The standard InChI is InChI=1S/C19H23/c1-13(2)17-10-18(14(3)4)12-19(11-17)16-8-6-15(5)7-9-16/h6-9,11-14H,1-5H3. The Morgan fingerprint density at radius 3 is 1.63 bits per heavy atom. The van der Waals surface area contributed by atoms with Crippen LogP contribution in [0.2, 0.25) is 0 Å². The summed E-state index contributed by atoms with van der Waals surface area (Å²) in [6.07, 6.45) is 0. The Labute approximate surface area is 117 Å². The number of aryl methyl sites for hydroxylation is 1. The van der Waals surface area contributed by atoms with Gasteiger partial charge in [-0.15, -0.1) is 0 Å². The van der Waals surface area contributed by atoms with Crippen LogP contribution >= 0.6 is 0 Å². The molecular weight excluding hydrogens is 228 g/mol. The lowest BCUT2D eigenvalue weighted by Gasteiger charge is -2.14. The van der Waals surface area contributed by atoms with E-state index in [0.29, 0.717) is 11.8 Å². The van der Waals surface area contributed by atoms with Crippen LogP contribution in [0.4, 0.5) is 0 Å². The van der Waals surface area contributed by atoms with Crippen molar-refractivity contribution in [2.24, 2.45) is 0 Å². The lowest BCUT2D eigenvalue weighted by Crippen LogP contribution is -1.95. The van der Waals surface area contributed by atoms with Crippen molar-refractivity contribution in [2.75, 3.05) is 0 Å². The van der Waals surface area contributed by atoms with Crippen molar-refractivity contribution >= 4 is 0 Å². The molecule has 0 nitrogen and oxygen atoms in total. The summed E-state index contributed by atoms with van der Waals surface area (Å²) >= 11 is 0. The van der Waals surface area contributed by atoms with Crippen molar-refractivity contribution in [3.05, 3.63) is 59.2 Å². The van der Waals surface area contributed by atoms with Crippen molar-refractivity contribution in [3.8, 4) is 11.1 Å². The predicted molar refractivity (Wildman–Crippen MR) is 83.6 cm³/mol. The van der Waals surface area contributed by atoms with Gasteiger partial charge in [0.2, 0.25) is 0 Å². The molecule has 2 rings (SSSR count). The summed E-state index contributed by atoms with van der Waals surface area (Å²) in [7, 11) is 0. The lowest BCUT2D eigenvalue weighted by atomic mass is 9.91. The van der Waals surface area contributed by atoms with Gasteiger partial charge in [-0.3, -0.25) is 0 Å². The highest BCUT2D eigenvalue weighted by molar-refractivity contribution is 5.65. The molecule has 0 heterocycles. The first-order chi connectivity index (χ1) is 8.97. The van der Waals surface area contributed by atoms with E-state index in [2.05, 4.69) is 77.1 Å². The molecule has 0 amide bonds. The van der Waals surface area contributed by atoms with Gasteiger partial charge in [0.15, 0.2) is 0 Å². The zero-order valence-corrected chi connectivity index (χ0v) is 12.6. The summed E-state index contributed by atoms with van der Waals surface area (Å²) in [5, 5.41) is 0. The van der Waals surface area contributed by atoms with Crippen molar-refractivity contribution in [2.45, 2.75) is 46.5 Å². The molecule has 19 heavy (non-hydrogen) atoms. The number of hydrogen-bond donors (Lipinski definition) is 0. The third-order valence-corrected chi connectivity index (χ3v) is 3.54. The van der Waals surface area contributed by atoms with Crippen LogP contribution in [0.25, 0.3) is 11.1 Å². The van der Waals surface area contributed by atoms with Gasteiger partial charge >= 0.3 is 0 Å². The summed E-state index contributed by atoms with van der Waals surface area (Å²) in [4.78, 5) is 0. The molecule has 0 atom stereocenters. The van der Waals surface area contributed by atoms with Gasteiger partial charge < -0.3 is 0 Å². The summed E-state index contributed by atoms with van der Waals surface area (Å²) in [6.45, 7) is 11.1. The first-order valence-electron chi connectivity index (χ1n) is 7.11. The monoisotopic (exact) mass is 251 g/mol. The second kappa shape index (κ2) is 5.61. The van der Waals surface area contributed by atoms with Crippen LogP contribution in [-0.4, -0.2) is 0 Å². The molecule has 0 N–H and O–H groups in total. The van der Waals surface area contributed by atoms with Gasteiger partial charge in [0.25, 0.3) is 0 Å². The molecule has 0 bridgehead atoms. The Bertz CT molecular complexity index is 519.